The van der Waals surface area contributed by atoms with Crippen LogP contribution in [0, 0.1) is 18.7 Å². The van der Waals surface area contributed by atoms with Crippen LogP contribution in [-0.4, -0.2) is 46.7 Å². The summed E-state index contributed by atoms with van der Waals surface area (Å²) in [6.07, 6.45) is -0.775. The zero-order valence-electron chi connectivity index (χ0n) is 14.7. The Bertz CT molecular complexity index is 698. The number of aliphatic hydroxyl groups is 1. The van der Waals surface area contributed by atoms with Gasteiger partial charge in [-0.25, -0.2) is 9.07 Å². The topological polar surface area (TPSA) is 76.4 Å². The molecule has 2 N–H and O–H groups in total. The van der Waals surface area contributed by atoms with Gasteiger partial charge in [-0.1, -0.05) is 13.8 Å². The fourth-order valence-corrected chi connectivity index (χ4v) is 2.23. The summed E-state index contributed by atoms with van der Waals surface area (Å²) in [5.74, 6) is -0.327. The van der Waals surface area contributed by atoms with E-state index in [9.17, 15) is 14.3 Å². The smallest absolute Gasteiger partial charge is 0.271 e. The van der Waals surface area contributed by atoms with Crippen molar-refractivity contribution in [2.75, 3.05) is 19.8 Å². The Morgan fingerprint density at radius 1 is 1.32 bits per heavy atom. The third-order valence-corrected chi connectivity index (χ3v) is 3.45. The molecule has 0 fully saturated rings. The summed E-state index contributed by atoms with van der Waals surface area (Å²) in [6, 6.07) is 7.49. The summed E-state index contributed by atoms with van der Waals surface area (Å²) in [7, 11) is 0. The van der Waals surface area contributed by atoms with Crippen LogP contribution in [0.1, 0.15) is 30.0 Å². The van der Waals surface area contributed by atoms with Crippen molar-refractivity contribution in [2.45, 2.75) is 26.9 Å². The number of amides is 1. The molecule has 2 rings (SSSR count). The zero-order valence-corrected chi connectivity index (χ0v) is 14.7. The van der Waals surface area contributed by atoms with E-state index in [0.29, 0.717) is 18.2 Å². The number of nitrogens with one attached hydrogen (secondary N) is 1. The number of hydrogen-bond acceptors (Lipinski definition) is 4. The average Bonchev–Trinajstić information content (AvgIpc) is 2.95. The summed E-state index contributed by atoms with van der Waals surface area (Å²) in [6.45, 7) is 6.66. The number of rotatable bonds is 8. The number of aryl methyl sites for hydroxylation is 1. The van der Waals surface area contributed by atoms with E-state index in [1.54, 1.807) is 22.9 Å². The molecular formula is C18H24FN3O3. The van der Waals surface area contributed by atoms with Crippen LogP contribution >= 0.6 is 0 Å². The first-order chi connectivity index (χ1) is 11.9. The minimum Gasteiger partial charge on any atom is -0.389 e. The lowest BCUT2D eigenvalue weighted by Gasteiger charge is -2.13. The number of aromatic nitrogens is 2. The molecule has 1 heterocycles. The second-order valence-corrected chi connectivity index (χ2v) is 6.35. The van der Waals surface area contributed by atoms with Gasteiger partial charge < -0.3 is 15.2 Å². The van der Waals surface area contributed by atoms with E-state index in [0.717, 1.165) is 5.69 Å². The first kappa shape index (κ1) is 19.1. The SMILES string of the molecule is Cc1cc(C(=O)NCC(O)COCC(C)C)nn1-c1ccc(F)cc1. The molecule has 1 amide bonds. The van der Waals surface area contributed by atoms with Gasteiger partial charge >= 0.3 is 0 Å². The van der Waals surface area contributed by atoms with E-state index in [4.69, 9.17) is 4.74 Å². The van der Waals surface area contributed by atoms with Gasteiger partial charge in [0.15, 0.2) is 5.69 Å². The second-order valence-electron chi connectivity index (χ2n) is 6.35. The lowest BCUT2D eigenvalue weighted by molar-refractivity contribution is 0.0259. The molecule has 1 atom stereocenters. The summed E-state index contributed by atoms with van der Waals surface area (Å²) in [4.78, 5) is 12.2. The Morgan fingerprint density at radius 2 is 2.00 bits per heavy atom. The highest BCUT2D eigenvalue weighted by atomic mass is 19.1. The number of nitrogens with zero attached hydrogens (tertiary/aromatic N) is 2. The van der Waals surface area contributed by atoms with Gasteiger partial charge in [-0.3, -0.25) is 4.79 Å². The second kappa shape index (κ2) is 8.73. The molecule has 1 unspecified atom stereocenters. The van der Waals surface area contributed by atoms with Gasteiger partial charge in [0.1, 0.15) is 5.82 Å². The average molecular weight is 349 g/mol. The lowest BCUT2D eigenvalue weighted by atomic mass is 10.2. The third kappa shape index (κ3) is 5.65. The Kier molecular flexibility index (Phi) is 6.66. The molecule has 7 heteroatoms. The number of halogens is 1. The molecule has 0 bridgehead atoms. The molecule has 0 aliphatic heterocycles. The van der Waals surface area contributed by atoms with Gasteiger partial charge in [0.05, 0.1) is 18.4 Å². The molecule has 0 radical (unpaired) electrons. The first-order valence-corrected chi connectivity index (χ1v) is 8.23. The minimum atomic E-state index is -0.775. The van der Waals surface area contributed by atoms with Crippen LogP contribution in [-0.2, 0) is 4.74 Å². The molecular weight excluding hydrogens is 325 g/mol. The number of benzene rings is 1. The monoisotopic (exact) mass is 349 g/mol. The summed E-state index contributed by atoms with van der Waals surface area (Å²) < 4.78 is 19.9. The molecule has 25 heavy (non-hydrogen) atoms. The molecule has 136 valence electrons. The number of carbonyl (C=O) groups excluding carboxylic acids is 1. The number of ether oxygens (including phenoxy) is 1. The third-order valence-electron chi connectivity index (χ3n) is 3.45. The molecule has 1 aromatic carbocycles. The minimum absolute atomic E-state index is 0.0827. The van der Waals surface area contributed by atoms with Crippen molar-refractivity contribution >= 4 is 5.91 Å². The zero-order chi connectivity index (χ0) is 18.4. The highest BCUT2D eigenvalue weighted by molar-refractivity contribution is 5.92. The lowest BCUT2D eigenvalue weighted by Crippen LogP contribution is -2.35. The maximum atomic E-state index is 13.0. The fourth-order valence-electron chi connectivity index (χ4n) is 2.23. The van der Waals surface area contributed by atoms with E-state index >= 15 is 0 Å². The van der Waals surface area contributed by atoms with Crippen molar-refractivity contribution in [1.82, 2.24) is 15.1 Å². The maximum absolute atomic E-state index is 13.0. The molecule has 0 aliphatic carbocycles. The predicted molar refractivity (Wildman–Crippen MR) is 92.3 cm³/mol. The molecule has 0 spiro atoms. The van der Waals surface area contributed by atoms with Crippen molar-refractivity contribution in [2.24, 2.45) is 5.92 Å². The molecule has 2 aromatic rings. The Morgan fingerprint density at radius 3 is 2.64 bits per heavy atom. The van der Waals surface area contributed by atoms with Crippen molar-refractivity contribution in [1.29, 1.82) is 0 Å². The molecule has 0 aliphatic rings. The van der Waals surface area contributed by atoms with Crippen LogP contribution in [0.3, 0.4) is 0 Å². The van der Waals surface area contributed by atoms with Crippen molar-refractivity contribution < 1.29 is 19.0 Å². The molecule has 1 aromatic heterocycles. The fraction of sp³-hybridized carbons (Fsp3) is 0.444. The van der Waals surface area contributed by atoms with Gasteiger partial charge in [0, 0.05) is 18.8 Å². The van der Waals surface area contributed by atoms with Crippen LogP contribution < -0.4 is 5.32 Å². The highest BCUT2D eigenvalue weighted by Gasteiger charge is 2.15. The largest absolute Gasteiger partial charge is 0.389 e. The normalized spacial score (nSPS) is 12.4. The van der Waals surface area contributed by atoms with E-state index in [2.05, 4.69) is 10.4 Å². The number of hydrogen-bond donors (Lipinski definition) is 2. The first-order valence-electron chi connectivity index (χ1n) is 8.23. The van der Waals surface area contributed by atoms with E-state index in [1.807, 2.05) is 20.8 Å². The van der Waals surface area contributed by atoms with Gasteiger partial charge in [-0.2, -0.15) is 5.10 Å². The summed E-state index contributed by atoms with van der Waals surface area (Å²) >= 11 is 0. The van der Waals surface area contributed by atoms with Crippen LogP contribution in [0.15, 0.2) is 30.3 Å². The van der Waals surface area contributed by atoms with Gasteiger partial charge in [0.2, 0.25) is 0 Å². The van der Waals surface area contributed by atoms with Crippen molar-refractivity contribution in [3.05, 3.63) is 47.5 Å². The quantitative estimate of drug-likeness (QED) is 0.765. The van der Waals surface area contributed by atoms with E-state index in [-0.39, 0.29) is 30.6 Å². The summed E-state index contributed by atoms with van der Waals surface area (Å²) in [5.41, 5.74) is 1.65. The standard InChI is InChI=1S/C18H24FN3O3/c1-12(2)10-25-11-16(23)9-20-18(24)17-8-13(3)22(21-17)15-6-4-14(19)5-7-15/h4-8,12,16,23H,9-11H2,1-3H3,(H,20,24). The van der Waals surface area contributed by atoms with Gasteiger partial charge in [0.25, 0.3) is 5.91 Å². The van der Waals surface area contributed by atoms with E-state index in [1.165, 1.54) is 12.1 Å². The summed E-state index contributed by atoms with van der Waals surface area (Å²) in [5, 5.41) is 16.7. The van der Waals surface area contributed by atoms with Gasteiger partial charge in [-0.15, -0.1) is 0 Å². The van der Waals surface area contributed by atoms with Crippen LogP contribution in [0.4, 0.5) is 4.39 Å². The van der Waals surface area contributed by atoms with Crippen molar-refractivity contribution in [3.63, 3.8) is 0 Å². The molecule has 0 saturated heterocycles. The number of aliphatic hydroxyl groups excluding tert-OH is 1. The van der Waals surface area contributed by atoms with Crippen molar-refractivity contribution in [3.8, 4) is 5.69 Å². The maximum Gasteiger partial charge on any atom is 0.271 e. The van der Waals surface area contributed by atoms with Crippen LogP contribution in [0.5, 0.6) is 0 Å². The highest BCUT2D eigenvalue weighted by Crippen LogP contribution is 2.13. The van der Waals surface area contributed by atoms with Crippen LogP contribution in [0.2, 0.25) is 0 Å². The van der Waals surface area contributed by atoms with E-state index < -0.39 is 6.10 Å². The predicted octanol–water partition coefficient (Wildman–Crippen LogP) is 2.08. The Hall–Kier alpha value is -2.25. The number of carbonyl (C=O) groups is 1. The molecule has 0 saturated carbocycles. The van der Waals surface area contributed by atoms with Crippen LogP contribution in [0.25, 0.3) is 5.69 Å². The Balaban J connectivity index is 1.92. The Labute approximate surface area is 146 Å². The van der Waals surface area contributed by atoms with Gasteiger partial charge in [-0.05, 0) is 43.2 Å². The molecule has 6 nitrogen and oxygen atoms in total.